The van der Waals surface area contributed by atoms with Gasteiger partial charge in [-0.05, 0) is 31.6 Å². The van der Waals surface area contributed by atoms with Crippen molar-refractivity contribution in [1.82, 2.24) is 10.2 Å². The monoisotopic (exact) mass is 298 g/mol. The van der Waals surface area contributed by atoms with Crippen molar-refractivity contribution >= 4 is 11.8 Å². The van der Waals surface area contributed by atoms with Crippen molar-refractivity contribution in [1.29, 1.82) is 0 Å². The number of carbonyl (C=O) groups is 2. The lowest BCUT2D eigenvalue weighted by atomic mass is 9.96. The van der Waals surface area contributed by atoms with Crippen LogP contribution in [0.25, 0.3) is 0 Å². The Labute approximate surface area is 128 Å². The molecular weight excluding hydrogens is 268 g/mol. The molecule has 1 fully saturated rings. The maximum Gasteiger partial charge on any atom is 0.222 e. The molecule has 2 amide bonds. The fourth-order valence-corrected chi connectivity index (χ4v) is 2.83. The second kappa shape index (κ2) is 9.03. The molecule has 0 aromatic carbocycles. The van der Waals surface area contributed by atoms with Gasteiger partial charge in [-0.15, -0.1) is 0 Å². The maximum absolute atomic E-state index is 12.0. The van der Waals surface area contributed by atoms with Gasteiger partial charge in [0.1, 0.15) is 0 Å². The second-order valence-electron chi connectivity index (χ2n) is 6.50. The molecule has 0 aromatic rings. The zero-order valence-corrected chi connectivity index (χ0v) is 13.6. The van der Waals surface area contributed by atoms with Gasteiger partial charge in [-0.1, -0.05) is 20.3 Å². The van der Waals surface area contributed by atoms with Crippen molar-refractivity contribution in [3.8, 4) is 0 Å². The molecule has 2 N–H and O–H groups in total. The summed E-state index contributed by atoms with van der Waals surface area (Å²) in [5.74, 6) is 0.413. The quantitative estimate of drug-likeness (QED) is 0.713. The van der Waals surface area contributed by atoms with Crippen molar-refractivity contribution in [3.63, 3.8) is 0 Å². The van der Waals surface area contributed by atoms with Gasteiger partial charge in [0.15, 0.2) is 0 Å². The highest BCUT2D eigenvalue weighted by atomic mass is 16.3. The van der Waals surface area contributed by atoms with E-state index in [2.05, 4.69) is 12.2 Å². The van der Waals surface area contributed by atoms with Crippen LogP contribution in [-0.2, 0) is 9.59 Å². The van der Waals surface area contributed by atoms with Gasteiger partial charge in [0.2, 0.25) is 11.8 Å². The summed E-state index contributed by atoms with van der Waals surface area (Å²) in [6.45, 7) is 5.22. The maximum atomic E-state index is 12.0. The Hall–Kier alpha value is -1.10. The molecule has 21 heavy (non-hydrogen) atoms. The molecule has 0 saturated carbocycles. The minimum atomic E-state index is -0.344. The molecule has 5 heteroatoms. The first-order chi connectivity index (χ1) is 9.90. The van der Waals surface area contributed by atoms with Crippen molar-refractivity contribution < 1.29 is 14.7 Å². The van der Waals surface area contributed by atoms with E-state index in [4.69, 9.17) is 0 Å². The molecule has 0 radical (unpaired) electrons. The summed E-state index contributed by atoms with van der Waals surface area (Å²) in [5.41, 5.74) is 0. The van der Waals surface area contributed by atoms with Gasteiger partial charge in [0.05, 0.1) is 6.10 Å². The Kier molecular flexibility index (Phi) is 7.72. The first kappa shape index (κ1) is 18.0. The van der Waals surface area contributed by atoms with E-state index in [-0.39, 0.29) is 29.8 Å². The summed E-state index contributed by atoms with van der Waals surface area (Å²) in [5, 5.41) is 12.9. The summed E-state index contributed by atoms with van der Waals surface area (Å²) >= 11 is 0. The number of aliphatic hydroxyl groups excluding tert-OH is 1. The molecule has 1 saturated heterocycles. The van der Waals surface area contributed by atoms with E-state index in [0.29, 0.717) is 32.4 Å². The first-order valence-corrected chi connectivity index (χ1v) is 8.10. The van der Waals surface area contributed by atoms with Crippen LogP contribution in [0.5, 0.6) is 0 Å². The lowest BCUT2D eigenvalue weighted by Gasteiger charge is -2.23. The van der Waals surface area contributed by atoms with Crippen molar-refractivity contribution in [2.24, 2.45) is 11.8 Å². The molecule has 1 heterocycles. The third-order valence-corrected chi connectivity index (χ3v) is 4.17. The van der Waals surface area contributed by atoms with Gasteiger partial charge in [-0.3, -0.25) is 9.59 Å². The van der Waals surface area contributed by atoms with Crippen molar-refractivity contribution in [2.45, 2.75) is 58.5 Å². The minimum Gasteiger partial charge on any atom is -0.393 e. The van der Waals surface area contributed by atoms with Crippen LogP contribution >= 0.6 is 0 Å². The largest absolute Gasteiger partial charge is 0.393 e. The molecule has 0 spiro atoms. The standard InChI is InChI=1S/C16H30N2O3/c1-12-10-14(19)7-4-6-13(2)16(21)17-9-5-8-15(20)18(3)11-12/h12-14,19H,4-11H2,1-3H3,(H,17,21)/t12-,13-,14+/m1/s1. The normalized spacial score (nSPS) is 31.2. The fraction of sp³-hybridized carbons (Fsp3) is 0.875. The summed E-state index contributed by atoms with van der Waals surface area (Å²) in [6, 6.07) is 0. The van der Waals surface area contributed by atoms with E-state index in [1.807, 2.05) is 14.0 Å². The van der Waals surface area contributed by atoms with Gasteiger partial charge in [0.25, 0.3) is 0 Å². The average Bonchev–Trinajstić information content (AvgIpc) is 2.41. The third kappa shape index (κ3) is 6.93. The van der Waals surface area contributed by atoms with Gasteiger partial charge in [0, 0.05) is 32.5 Å². The number of aliphatic hydroxyl groups is 1. The first-order valence-electron chi connectivity index (χ1n) is 8.10. The highest BCUT2D eigenvalue weighted by Crippen LogP contribution is 2.16. The van der Waals surface area contributed by atoms with Crippen LogP contribution in [0.4, 0.5) is 0 Å². The van der Waals surface area contributed by atoms with E-state index in [1.54, 1.807) is 4.90 Å². The summed E-state index contributed by atoms with van der Waals surface area (Å²) in [6.07, 6.45) is 3.88. The Morgan fingerprint density at radius 3 is 2.62 bits per heavy atom. The van der Waals surface area contributed by atoms with Crippen LogP contribution in [-0.4, -0.2) is 48.1 Å². The third-order valence-electron chi connectivity index (χ3n) is 4.17. The van der Waals surface area contributed by atoms with Crippen LogP contribution in [0.3, 0.4) is 0 Å². The molecule has 1 aliphatic heterocycles. The lowest BCUT2D eigenvalue weighted by molar-refractivity contribution is -0.131. The molecule has 1 rings (SSSR count). The predicted octanol–water partition coefficient (Wildman–Crippen LogP) is 1.55. The van der Waals surface area contributed by atoms with Crippen LogP contribution < -0.4 is 5.32 Å². The van der Waals surface area contributed by atoms with Gasteiger partial charge < -0.3 is 15.3 Å². The topological polar surface area (TPSA) is 69.6 Å². The van der Waals surface area contributed by atoms with Crippen LogP contribution in [0.2, 0.25) is 0 Å². The summed E-state index contributed by atoms with van der Waals surface area (Å²) in [4.78, 5) is 25.6. The van der Waals surface area contributed by atoms with Crippen molar-refractivity contribution in [2.75, 3.05) is 20.1 Å². The SMILES string of the molecule is C[C@@H]1C[C@@H](O)CCC[C@@H](C)C(=O)NCCCC(=O)N(C)C1. The number of rotatable bonds is 0. The van der Waals surface area contributed by atoms with Gasteiger partial charge in [-0.25, -0.2) is 0 Å². The predicted molar refractivity (Wildman–Crippen MR) is 82.7 cm³/mol. The number of hydrogen-bond acceptors (Lipinski definition) is 3. The minimum absolute atomic E-state index is 0.0295. The number of carbonyl (C=O) groups excluding carboxylic acids is 2. The highest BCUT2D eigenvalue weighted by molar-refractivity contribution is 5.78. The molecule has 0 aliphatic carbocycles. The van der Waals surface area contributed by atoms with E-state index < -0.39 is 0 Å². The molecule has 0 aromatic heterocycles. The van der Waals surface area contributed by atoms with E-state index in [0.717, 1.165) is 19.3 Å². The fourth-order valence-electron chi connectivity index (χ4n) is 2.83. The number of nitrogens with one attached hydrogen (secondary N) is 1. The molecule has 0 bridgehead atoms. The van der Waals surface area contributed by atoms with Crippen molar-refractivity contribution in [3.05, 3.63) is 0 Å². The van der Waals surface area contributed by atoms with E-state index in [1.165, 1.54) is 0 Å². The Bertz CT molecular complexity index is 346. The highest BCUT2D eigenvalue weighted by Gasteiger charge is 2.18. The summed E-state index contributed by atoms with van der Waals surface area (Å²) < 4.78 is 0. The molecule has 122 valence electrons. The van der Waals surface area contributed by atoms with Gasteiger partial charge >= 0.3 is 0 Å². The van der Waals surface area contributed by atoms with Crippen LogP contribution in [0, 0.1) is 11.8 Å². The number of nitrogens with zero attached hydrogens (tertiary/aromatic N) is 1. The zero-order valence-electron chi connectivity index (χ0n) is 13.6. The molecule has 0 unspecified atom stereocenters. The average molecular weight is 298 g/mol. The summed E-state index contributed by atoms with van der Waals surface area (Å²) in [7, 11) is 1.81. The molecule has 3 atom stereocenters. The van der Waals surface area contributed by atoms with Gasteiger partial charge in [-0.2, -0.15) is 0 Å². The Balaban J connectivity index is 2.59. The van der Waals surface area contributed by atoms with E-state index >= 15 is 0 Å². The lowest BCUT2D eigenvalue weighted by Crippen LogP contribution is -2.33. The van der Waals surface area contributed by atoms with Crippen LogP contribution in [0.15, 0.2) is 0 Å². The smallest absolute Gasteiger partial charge is 0.222 e. The zero-order chi connectivity index (χ0) is 15.8. The number of hydrogen-bond donors (Lipinski definition) is 2. The van der Waals surface area contributed by atoms with Crippen LogP contribution in [0.1, 0.15) is 52.4 Å². The molecule has 5 nitrogen and oxygen atoms in total. The Morgan fingerprint density at radius 1 is 1.19 bits per heavy atom. The second-order valence-corrected chi connectivity index (χ2v) is 6.50. The Morgan fingerprint density at radius 2 is 1.90 bits per heavy atom. The van der Waals surface area contributed by atoms with E-state index in [9.17, 15) is 14.7 Å². The number of amides is 2. The molecule has 1 aliphatic rings. The molecular formula is C16H30N2O3.